The first-order valence-corrected chi connectivity index (χ1v) is 10.0. The second-order valence-electron chi connectivity index (χ2n) is 7.48. The largest absolute Gasteiger partial charge is 0.467 e. The van der Waals surface area contributed by atoms with Gasteiger partial charge in [0.05, 0.1) is 18.5 Å². The molecule has 0 spiro atoms. The number of anilines is 1. The molecule has 0 saturated carbocycles. The topological polar surface area (TPSA) is 77.1 Å². The van der Waals surface area contributed by atoms with E-state index in [-0.39, 0.29) is 11.0 Å². The molecule has 0 atom stereocenters. The third-order valence-electron chi connectivity index (χ3n) is 5.45. The van der Waals surface area contributed by atoms with Crippen molar-refractivity contribution in [1.82, 2.24) is 9.55 Å². The molecule has 3 aromatic heterocycles. The minimum atomic E-state index is -0.446. The molecule has 0 bridgehead atoms. The lowest BCUT2D eigenvalue weighted by molar-refractivity contribution is 0.102. The number of nitrogens with one attached hydrogen (secondary N) is 1. The van der Waals surface area contributed by atoms with Crippen LogP contribution in [0.5, 0.6) is 0 Å². The third kappa shape index (κ3) is 4.05. The summed E-state index contributed by atoms with van der Waals surface area (Å²) in [5.74, 6) is 0.279. The van der Waals surface area contributed by atoms with Gasteiger partial charge in [0.1, 0.15) is 11.3 Å². The number of carbonyl (C=O) groups excluding carboxylic acids is 1. The fourth-order valence-electron chi connectivity index (χ4n) is 3.63. The Morgan fingerprint density at radius 3 is 2.55 bits per heavy atom. The van der Waals surface area contributed by atoms with Gasteiger partial charge in [0.15, 0.2) is 5.43 Å². The van der Waals surface area contributed by atoms with E-state index in [4.69, 9.17) is 4.42 Å². The lowest BCUT2D eigenvalue weighted by Crippen LogP contribution is -2.27. The van der Waals surface area contributed by atoms with E-state index in [0.717, 1.165) is 28.1 Å². The van der Waals surface area contributed by atoms with Crippen molar-refractivity contribution in [2.45, 2.75) is 27.3 Å². The molecule has 0 aliphatic rings. The maximum absolute atomic E-state index is 13.4. The summed E-state index contributed by atoms with van der Waals surface area (Å²) in [6, 6.07) is 14.5. The van der Waals surface area contributed by atoms with Gasteiger partial charge in [-0.1, -0.05) is 12.1 Å². The standard InChI is InChI=1S/C25H23N3O3/c1-16-6-4-8-21(18(16)3)27-25(30)23-22(29)14-17(2)28(15-20-7-5-13-31-20)24(23)19-9-11-26-12-10-19/h4-14H,15H2,1-3H3,(H,27,30). The molecule has 1 aromatic carbocycles. The Bertz CT molecular complexity index is 1290. The lowest BCUT2D eigenvalue weighted by atomic mass is 10.0. The number of hydrogen-bond donors (Lipinski definition) is 1. The van der Waals surface area contributed by atoms with Crippen molar-refractivity contribution < 1.29 is 9.21 Å². The number of aryl methyl sites for hydroxylation is 2. The Labute approximate surface area is 180 Å². The molecule has 6 nitrogen and oxygen atoms in total. The SMILES string of the molecule is Cc1cccc(NC(=O)c2c(-c3ccncc3)n(Cc3ccco3)c(C)cc2=O)c1C. The summed E-state index contributed by atoms with van der Waals surface area (Å²) in [5.41, 5.74) is 4.46. The van der Waals surface area contributed by atoms with Crippen molar-refractivity contribution >= 4 is 11.6 Å². The number of rotatable bonds is 5. The average molecular weight is 413 g/mol. The van der Waals surface area contributed by atoms with Crippen LogP contribution >= 0.6 is 0 Å². The fraction of sp³-hybridized carbons (Fsp3) is 0.160. The highest BCUT2D eigenvalue weighted by atomic mass is 16.3. The molecule has 4 aromatic rings. The number of carbonyl (C=O) groups is 1. The molecule has 0 unspecified atom stereocenters. The molecule has 0 radical (unpaired) electrons. The summed E-state index contributed by atoms with van der Waals surface area (Å²) in [7, 11) is 0. The number of pyridine rings is 2. The van der Waals surface area contributed by atoms with Crippen LogP contribution in [0.15, 0.2) is 76.4 Å². The van der Waals surface area contributed by atoms with Gasteiger partial charge in [0.2, 0.25) is 0 Å². The van der Waals surface area contributed by atoms with Crippen molar-refractivity contribution in [2.24, 2.45) is 0 Å². The van der Waals surface area contributed by atoms with E-state index >= 15 is 0 Å². The van der Waals surface area contributed by atoms with Crippen molar-refractivity contribution in [1.29, 1.82) is 0 Å². The Morgan fingerprint density at radius 1 is 1.06 bits per heavy atom. The predicted octanol–water partition coefficient (Wildman–Crippen LogP) is 4.73. The van der Waals surface area contributed by atoms with Crippen LogP contribution < -0.4 is 10.7 Å². The van der Waals surface area contributed by atoms with Crippen molar-refractivity contribution in [3.63, 3.8) is 0 Å². The summed E-state index contributed by atoms with van der Waals surface area (Å²) in [4.78, 5) is 30.5. The molecular formula is C25H23N3O3. The third-order valence-corrected chi connectivity index (χ3v) is 5.45. The molecule has 31 heavy (non-hydrogen) atoms. The summed E-state index contributed by atoms with van der Waals surface area (Å²) >= 11 is 0. The Morgan fingerprint density at radius 2 is 1.84 bits per heavy atom. The van der Waals surface area contributed by atoms with Crippen molar-refractivity contribution in [2.75, 3.05) is 5.32 Å². The number of amides is 1. The van der Waals surface area contributed by atoms with Crippen molar-refractivity contribution in [3.8, 4) is 11.3 Å². The highest BCUT2D eigenvalue weighted by molar-refractivity contribution is 6.08. The van der Waals surface area contributed by atoms with Crippen LogP contribution in [0.25, 0.3) is 11.3 Å². The van der Waals surface area contributed by atoms with E-state index in [1.165, 1.54) is 6.07 Å². The Balaban J connectivity index is 1.89. The van der Waals surface area contributed by atoms with E-state index in [1.807, 2.05) is 55.7 Å². The van der Waals surface area contributed by atoms with Crippen molar-refractivity contribution in [3.05, 3.63) is 106 Å². The quantitative estimate of drug-likeness (QED) is 0.513. The van der Waals surface area contributed by atoms with Gasteiger partial charge in [-0.05, 0) is 62.2 Å². The maximum atomic E-state index is 13.4. The van der Waals surface area contributed by atoms with Gasteiger partial charge < -0.3 is 14.3 Å². The summed E-state index contributed by atoms with van der Waals surface area (Å²) < 4.78 is 7.45. The van der Waals surface area contributed by atoms with E-state index < -0.39 is 5.91 Å². The van der Waals surface area contributed by atoms with Crippen LogP contribution in [0.4, 0.5) is 5.69 Å². The van der Waals surface area contributed by atoms with Crippen LogP contribution in [0.2, 0.25) is 0 Å². The zero-order valence-electron chi connectivity index (χ0n) is 17.7. The smallest absolute Gasteiger partial charge is 0.261 e. The van der Waals surface area contributed by atoms with Gasteiger partial charge in [-0.25, -0.2) is 0 Å². The van der Waals surface area contributed by atoms with Gasteiger partial charge in [-0.3, -0.25) is 14.6 Å². The van der Waals surface area contributed by atoms with Crippen LogP contribution in [0, 0.1) is 20.8 Å². The van der Waals surface area contributed by atoms with Gasteiger partial charge in [-0.2, -0.15) is 0 Å². The van der Waals surface area contributed by atoms with E-state index in [0.29, 0.717) is 17.9 Å². The number of furan rings is 1. The molecule has 4 rings (SSSR count). The minimum Gasteiger partial charge on any atom is -0.467 e. The van der Waals surface area contributed by atoms with Crippen LogP contribution in [-0.4, -0.2) is 15.5 Å². The molecule has 0 fully saturated rings. The number of hydrogen-bond acceptors (Lipinski definition) is 4. The summed E-state index contributed by atoms with van der Waals surface area (Å²) in [6.07, 6.45) is 4.89. The zero-order chi connectivity index (χ0) is 22.0. The van der Waals surface area contributed by atoms with Crippen LogP contribution in [0.3, 0.4) is 0 Å². The molecule has 0 saturated heterocycles. The van der Waals surface area contributed by atoms with Crippen LogP contribution in [-0.2, 0) is 6.54 Å². The second-order valence-corrected chi connectivity index (χ2v) is 7.48. The first-order valence-electron chi connectivity index (χ1n) is 10.0. The highest BCUT2D eigenvalue weighted by Gasteiger charge is 2.23. The van der Waals surface area contributed by atoms with Gasteiger partial charge in [0.25, 0.3) is 5.91 Å². The molecule has 156 valence electrons. The van der Waals surface area contributed by atoms with Gasteiger partial charge in [0, 0.05) is 35.4 Å². The Kier molecular flexibility index (Phi) is 5.54. The van der Waals surface area contributed by atoms with Gasteiger partial charge in [-0.15, -0.1) is 0 Å². The number of nitrogens with zero attached hydrogens (tertiary/aromatic N) is 2. The fourth-order valence-corrected chi connectivity index (χ4v) is 3.63. The van der Waals surface area contributed by atoms with Gasteiger partial charge >= 0.3 is 0 Å². The monoisotopic (exact) mass is 413 g/mol. The highest BCUT2D eigenvalue weighted by Crippen LogP contribution is 2.26. The molecule has 6 heteroatoms. The normalized spacial score (nSPS) is 10.8. The lowest BCUT2D eigenvalue weighted by Gasteiger charge is -2.20. The maximum Gasteiger partial charge on any atom is 0.261 e. The van der Waals surface area contributed by atoms with E-state index in [9.17, 15) is 9.59 Å². The summed E-state index contributed by atoms with van der Waals surface area (Å²) in [5, 5.41) is 2.93. The molecule has 0 aliphatic heterocycles. The predicted molar refractivity (Wildman–Crippen MR) is 120 cm³/mol. The van der Waals surface area contributed by atoms with E-state index in [2.05, 4.69) is 10.3 Å². The zero-order valence-corrected chi connectivity index (χ0v) is 17.7. The molecule has 1 N–H and O–H groups in total. The average Bonchev–Trinajstić information content (AvgIpc) is 3.27. The minimum absolute atomic E-state index is 0.0873. The van der Waals surface area contributed by atoms with Crippen LogP contribution in [0.1, 0.15) is 32.9 Å². The first kappa shape index (κ1) is 20.3. The first-order chi connectivity index (χ1) is 15.0. The number of benzene rings is 1. The van der Waals surface area contributed by atoms with E-state index in [1.54, 1.807) is 30.8 Å². The number of aromatic nitrogens is 2. The summed E-state index contributed by atoms with van der Waals surface area (Å²) in [6.45, 7) is 6.16. The second kappa shape index (κ2) is 8.44. The molecule has 3 heterocycles. The molecule has 0 aliphatic carbocycles. The molecule has 1 amide bonds. The molecular weight excluding hydrogens is 390 g/mol. The Hall–Kier alpha value is -3.93.